The number of ketones is 2. The summed E-state index contributed by atoms with van der Waals surface area (Å²) in [7, 11) is 0. The van der Waals surface area contributed by atoms with Gasteiger partial charge < -0.3 is 5.73 Å². The summed E-state index contributed by atoms with van der Waals surface area (Å²) in [5.74, 6) is -6.89. The number of halogens is 2. The third-order valence-corrected chi connectivity index (χ3v) is 3.27. The van der Waals surface area contributed by atoms with Crippen LogP contribution in [0.1, 0.15) is 37.0 Å². The van der Waals surface area contributed by atoms with Crippen LogP contribution >= 0.6 is 0 Å². The molecule has 0 fully saturated rings. The molecule has 0 amide bonds. The number of nitrogens with two attached hydrogens (primary N) is 1. The van der Waals surface area contributed by atoms with Crippen LogP contribution in [0.5, 0.6) is 0 Å². The summed E-state index contributed by atoms with van der Waals surface area (Å²) in [6.45, 7) is 3.58. The van der Waals surface area contributed by atoms with Gasteiger partial charge in [-0.05, 0) is 18.5 Å². The molecule has 1 aromatic rings. The molecular formula is C17H21F2NO2. The van der Waals surface area contributed by atoms with Gasteiger partial charge >= 0.3 is 5.92 Å². The van der Waals surface area contributed by atoms with Gasteiger partial charge in [0.05, 0.1) is 5.92 Å². The Morgan fingerprint density at radius 1 is 1.23 bits per heavy atom. The summed E-state index contributed by atoms with van der Waals surface area (Å²) < 4.78 is 27.9. The van der Waals surface area contributed by atoms with Gasteiger partial charge in [-0.2, -0.15) is 8.78 Å². The van der Waals surface area contributed by atoms with Crippen molar-refractivity contribution in [1.29, 1.82) is 0 Å². The van der Waals surface area contributed by atoms with E-state index in [0.717, 1.165) is 12.3 Å². The van der Waals surface area contributed by atoms with E-state index in [-0.39, 0.29) is 17.9 Å². The number of rotatable bonds is 8. The lowest BCUT2D eigenvalue weighted by Crippen LogP contribution is -2.39. The van der Waals surface area contributed by atoms with Gasteiger partial charge in [-0.15, -0.1) is 0 Å². The van der Waals surface area contributed by atoms with Crippen molar-refractivity contribution in [3.8, 4) is 0 Å². The van der Waals surface area contributed by atoms with E-state index in [1.54, 1.807) is 32.0 Å². The van der Waals surface area contributed by atoms with E-state index < -0.39 is 29.8 Å². The van der Waals surface area contributed by atoms with Crippen molar-refractivity contribution in [2.75, 3.05) is 0 Å². The molecule has 0 saturated carbocycles. The van der Waals surface area contributed by atoms with E-state index in [1.165, 1.54) is 12.1 Å². The molecule has 1 rings (SSSR count). The van der Waals surface area contributed by atoms with Crippen LogP contribution in [0.15, 0.2) is 42.6 Å². The maximum Gasteiger partial charge on any atom is 0.309 e. The van der Waals surface area contributed by atoms with Crippen LogP contribution < -0.4 is 5.73 Å². The Hall–Kier alpha value is -2.04. The quantitative estimate of drug-likeness (QED) is 0.589. The van der Waals surface area contributed by atoms with Crippen LogP contribution in [0.3, 0.4) is 0 Å². The molecule has 1 atom stereocenters. The molecule has 0 aromatic heterocycles. The number of carbonyl (C=O) groups excluding carboxylic acids is 2. The van der Waals surface area contributed by atoms with Crippen molar-refractivity contribution in [1.82, 2.24) is 0 Å². The molecule has 0 aliphatic carbocycles. The topological polar surface area (TPSA) is 60.2 Å². The maximum atomic E-state index is 14.0. The van der Waals surface area contributed by atoms with Crippen molar-refractivity contribution in [2.45, 2.75) is 32.6 Å². The van der Waals surface area contributed by atoms with Crippen LogP contribution in [-0.2, 0) is 4.79 Å². The van der Waals surface area contributed by atoms with Gasteiger partial charge in [-0.3, -0.25) is 9.59 Å². The van der Waals surface area contributed by atoms with E-state index in [4.69, 9.17) is 5.73 Å². The minimum atomic E-state index is -3.60. The fourth-order valence-electron chi connectivity index (χ4n) is 2.18. The van der Waals surface area contributed by atoms with E-state index in [9.17, 15) is 18.4 Å². The Kier molecular flexibility index (Phi) is 6.40. The lowest BCUT2D eigenvalue weighted by atomic mass is 9.83. The third kappa shape index (κ3) is 4.76. The fraction of sp³-hybridized carbons (Fsp3) is 0.412. The molecule has 22 heavy (non-hydrogen) atoms. The highest BCUT2D eigenvalue weighted by molar-refractivity contribution is 6.12. The third-order valence-electron chi connectivity index (χ3n) is 3.27. The average molecular weight is 309 g/mol. The van der Waals surface area contributed by atoms with Crippen LogP contribution in [0.4, 0.5) is 8.78 Å². The lowest BCUT2D eigenvalue weighted by Gasteiger charge is -2.22. The lowest BCUT2D eigenvalue weighted by molar-refractivity contribution is -0.145. The normalized spacial score (nSPS) is 13.5. The van der Waals surface area contributed by atoms with Crippen molar-refractivity contribution in [2.24, 2.45) is 17.6 Å². The summed E-state index contributed by atoms with van der Waals surface area (Å²) in [5.41, 5.74) is 5.32. The molecule has 5 heteroatoms. The standard InChI is InChI=1S/C17H21F2NO2/c1-12(2)11-14(15(21)13-7-4-3-5-8-13)16(22)17(18,19)9-6-10-20/h3-8,10,12,14H,9,11,20H2,1-2H3. The number of carbonyl (C=O) groups is 2. The molecule has 120 valence electrons. The zero-order valence-electron chi connectivity index (χ0n) is 12.8. The molecule has 0 spiro atoms. The number of alkyl halides is 2. The predicted molar refractivity (Wildman–Crippen MR) is 81.6 cm³/mol. The molecule has 0 aliphatic heterocycles. The van der Waals surface area contributed by atoms with Gasteiger partial charge in [0.15, 0.2) is 5.78 Å². The van der Waals surface area contributed by atoms with Gasteiger partial charge in [-0.1, -0.05) is 50.3 Å². The first-order chi connectivity index (χ1) is 10.3. The smallest absolute Gasteiger partial charge is 0.309 e. The van der Waals surface area contributed by atoms with Gasteiger partial charge in [-0.25, -0.2) is 0 Å². The Balaban J connectivity index is 3.07. The summed E-state index contributed by atoms with van der Waals surface area (Å²) in [6, 6.07) is 8.05. The average Bonchev–Trinajstić information content (AvgIpc) is 2.50. The van der Waals surface area contributed by atoms with Gasteiger partial charge in [0.25, 0.3) is 0 Å². The molecule has 0 saturated heterocycles. The zero-order chi connectivity index (χ0) is 16.8. The minimum Gasteiger partial charge on any atom is -0.405 e. The van der Waals surface area contributed by atoms with Gasteiger partial charge in [0.1, 0.15) is 0 Å². The molecule has 0 aliphatic rings. The van der Waals surface area contributed by atoms with Crippen molar-refractivity contribution in [3.63, 3.8) is 0 Å². The molecule has 0 radical (unpaired) electrons. The number of Topliss-reactive ketones (excluding diaryl/α,β-unsaturated/α-hetero) is 2. The number of allylic oxidation sites excluding steroid dienone is 1. The molecule has 0 heterocycles. The fourth-order valence-corrected chi connectivity index (χ4v) is 2.18. The highest BCUT2D eigenvalue weighted by atomic mass is 19.3. The van der Waals surface area contributed by atoms with Crippen LogP contribution in [0.2, 0.25) is 0 Å². The number of benzene rings is 1. The zero-order valence-corrected chi connectivity index (χ0v) is 12.8. The van der Waals surface area contributed by atoms with Crippen molar-refractivity contribution >= 4 is 11.6 Å². The second-order valence-corrected chi connectivity index (χ2v) is 5.61. The first-order valence-corrected chi connectivity index (χ1v) is 7.17. The first kappa shape index (κ1) is 18.0. The second kappa shape index (κ2) is 7.82. The minimum absolute atomic E-state index is 0.0533. The van der Waals surface area contributed by atoms with E-state index in [0.29, 0.717) is 0 Å². The summed E-state index contributed by atoms with van der Waals surface area (Å²) in [5, 5.41) is 0. The van der Waals surface area contributed by atoms with Crippen LogP contribution in [0, 0.1) is 11.8 Å². The Morgan fingerprint density at radius 3 is 2.32 bits per heavy atom. The second-order valence-electron chi connectivity index (χ2n) is 5.61. The molecule has 3 nitrogen and oxygen atoms in total. The summed E-state index contributed by atoms with van der Waals surface area (Å²) in [4.78, 5) is 24.6. The molecular weight excluding hydrogens is 288 g/mol. The molecule has 0 bridgehead atoms. The van der Waals surface area contributed by atoms with Gasteiger partial charge in [0.2, 0.25) is 5.78 Å². The SMILES string of the molecule is CC(C)CC(C(=O)c1ccccc1)C(=O)C(F)(F)CC=CN. The summed E-state index contributed by atoms with van der Waals surface area (Å²) in [6.07, 6.45) is 1.29. The molecule has 1 aromatic carbocycles. The van der Waals surface area contributed by atoms with E-state index in [1.807, 2.05) is 0 Å². The Bertz CT molecular complexity index is 539. The van der Waals surface area contributed by atoms with Gasteiger partial charge in [0, 0.05) is 12.0 Å². The highest BCUT2D eigenvalue weighted by Gasteiger charge is 2.44. The number of hydrogen-bond donors (Lipinski definition) is 1. The van der Waals surface area contributed by atoms with E-state index in [2.05, 4.69) is 0 Å². The Morgan fingerprint density at radius 2 is 1.82 bits per heavy atom. The maximum absolute atomic E-state index is 14.0. The largest absolute Gasteiger partial charge is 0.405 e. The van der Waals surface area contributed by atoms with Crippen molar-refractivity contribution < 1.29 is 18.4 Å². The van der Waals surface area contributed by atoms with Crippen LogP contribution in [0.25, 0.3) is 0 Å². The van der Waals surface area contributed by atoms with E-state index >= 15 is 0 Å². The van der Waals surface area contributed by atoms with Crippen LogP contribution in [-0.4, -0.2) is 17.5 Å². The molecule has 2 N–H and O–H groups in total. The number of hydrogen-bond acceptors (Lipinski definition) is 3. The predicted octanol–water partition coefficient (Wildman–Crippen LogP) is 3.60. The summed E-state index contributed by atoms with van der Waals surface area (Å²) >= 11 is 0. The highest BCUT2D eigenvalue weighted by Crippen LogP contribution is 2.29. The Labute approximate surface area is 129 Å². The first-order valence-electron chi connectivity index (χ1n) is 7.17. The molecule has 1 unspecified atom stereocenters. The monoisotopic (exact) mass is 309 g/mol. The van der Waals surface area contributed by atoms with Crippen molar-refractivity contribution in [3.05, 3.63) is 48.2 Å².